The molecular formula is C10H6F2N2O2. The molecule has 6 heteroatoms. The van der Waals surface area contributed by atoms with Crippen LogP contribution < -0.4 is 5.32 Å². The molecule has 0 saturated carbocycles. The Bertz CT molecular complexity index is 491. The number of carbonyl (C=O) groups excluding carboxylic acids is 1. The van der Waals surface area contributed by atoms with E-state index in [1.807, 2.05) is 0 Å². The molecule has 0 aliphatic carbocycles. The summed E-state index contributed by atoms with van der Waals surface area (Å²) in [5, 5.41) is 5.73. The highest BCUT2D eigenvalue weighted by Gasteiger charge is 2.10. The third-order valence-corrected chi connectivity index (χ3v) is 1.81. The van der Waals surface area contributed by atoms with E-state index in [1.165, 1.54) is 12.5 Å². The molecule has 1 N–H and O–H groups in total. The Morgan fingerprint density at radius 1 is 1.25 bits per heavy atom. The third kappa shape index (κ3) is 2.22. The van der Waals surface area contributed by atoms with Gasteiger partial charge in [-0.3, -0.25) is 4.79 Å². The molecule has 1 amide bonds. The van der Waals surface area contributed by atoms with Gasteiger partial charge in [0.2, 0.25) is 0 Å². The number of hydrogen-bond donors (Lipinski definition) is 1. The lowest BCUT2D eigenvalue weighted by Gasteiger charge is -2.02. The third-order valence-electron chi connectivity index (χ3n) is 1.81. The van der Waals surface area contributed by atoms with Gasteiger partial charge in [-0.1, -0.05) is 5.16 Å². The van der Waals surface area contributed by atoms with Gasteiger partial charge < -0.3 is 9.84 Å². The fraction of sp³-hybridized carbons (Fsp3) is 0. The predicted octanol–water partition coefficient (Wildman–Crippen LogP) is 2.21. The molecule has 16 heavy (non-hydrogen) atoms. The van der Waals surface area contributed by atoms with Crippen LogP contribution in [0.4, 0.5) is 14.5 Å². The Balaban J connectivity index is 2.21. The highest BCUT2D eigenvalue weighted by atomic mass is 19.1. The minimum absolute atomic E-state index is 0.112. The van der Waals surface area contributed by atoms with E-state index in [0.717, 1.165) is 12.1 Å². The lowest BCUT2D eigenvalue weighted by Crippen LogP contribution is -2.11. The quantitative estimate of drug-likeness (QED) is 0.850. The second-order valence-corrected chi connectivity index (χ2v) is 3.03. The maximum atomic E-state index is 12.8. The van der Waals surface area contributed by atoms with Crippen LogP contribution in [0.3, 0.4) is 0 Å². The predicted molar refractivity (Wildman–Crippen MR) is 50.8 cm³/mol. The van der Waals surface area contributed by atoms with E-state index < -0.39 is 17.5 Å². The molecule has 0 saturated heterocycles. The van der Waals surface area contributed by atoms with Crippen molar-refractivity contribution >= 4 is 11.6 Å². The topological polar surface area (TPSA) is 55.1 Å². The van der Waals surface area contributed by atoms with E-state index in [-0.39, 0.29) is 5.56 Å². The molecule has 0 fully saturated rings. The van der Waals surface area contributed by atoms with Crippen molar-refractivity contribution in [3.05, 3.63) is 47.9 Å². The normalized spacial score (nSPS) is 10.1. The fourth-order valence-corrected chi connectivity index (χ4v) is 1.15. The first kappa shape index (κ1) is 10.3. The number of nitrogens with one attached hydrogen (secondary N) is 1. The lowest BCUT2D eigenvalue weighted by molar-refractivity contribution is 0.102. The average molecular weight is 224 g/mol. The zero-order chi connectivity index (χ0) is 11.5. The number of aromatic nitrogens is 1. The summed E-state index contributed by atoms with van der Waals surface area (Å²) in [5.41, 5.74) is 0.202. The Hall–Kier alpha value is -2.24. The average Bonchev–Trinajstić information content (AvgIpc) is 2.68. The van der Waals surface area contributed by atoms with Crippen molar-refractivity contribution < 1.29 is 18.1 Å². The number of nitrogens with zero attached hydrogens (tertiary/aromatic N) is 1. The van der Waals surface area contributed by atoms with Gasteiger partial charge in [0.25, 0.3) is 5.91 Å². The van der Waals surface area contributed by atoms with E-state index >= 15 is 0 Å². The maximum Gasteiger partial charge on any atom is 0.256 e. The van der Waals surface area contributed by atoms with Crippen molar-refractivity contribution in [2.24, 2.45) is 0 Å². The first-order chi connectivity index (χ1) is 7.65. The summed E-state index contributed by atoms with van der Waals surface area (Å²) in [6, 6.07) is 2.56. The van der Waals surface area contributed by atoms with Crippen molar-refractivity contribution in [3.8, 4) is 0 Å². The standard InChI is InChI=1S/C10H6F2N2O2/c11-7-1-6(2-8(12)3-7)10(15)14-9-4-13-16-5-9/h1-5H,(H,14,15). The van der Waals surface area contributed by atoms with Crippen molar-refractivity contribution in [2.45, 2.75) is 0 Å². The summed E-state index contributed by atoms with van der Waals surface area (Å²) >= 11 is 0. The van der Waals surface area contributed by atoms with Crippen LogP contribution in [-0.2, 0) is 0 Å². The van der Waals surface area contributed by atoms with Crippen molar-refractivity contribution in [1.29, 1.82) is 0 Å². The minimum Gasteiger partial charge on any atom is -0.363 e. The van der Waals surface area contributed by atoms with E-state index in [2.05, 4.69) is 15.0 Å². The number of carbonyl (C=O) groups is 1. The zero-order valence-corrected chi connectivity index (χ0v) is 7.91. The number of halogens is 2. The minimum atomic E-state index is -0.810. The molecule has 0 bridgehead atoms. The monoisotopic (exact) mass is 224 g/mol. The van der Waals surface area contributed by atoms with Crippen LogP contribution in [0.25, 0.3) is 0 Å². The van der Waals surface area contributed by atoms with E-state index in [9.17, 15) is 13.6 Å². The summed E-state index contributed by atoms with van der Waals surface area (Å²) in [5.74, 6) is -2.26. The highest BCUT2D eigenvalue weighted by Crippen LogP contribution is 2.11. The molecule has 1 heterocycles. The van der Waals surface area contributed by atoms with Gasteiger partial charge in [-0.15, -0.1) is 0 Å². The number of hydrogen-bond acceptors (Lipinski definition) is 3. The molecule has 0 unspecified atom stereocenters. The van der Waals surface area contributed by atoms with E-state index in [4.69, 9.17) is 0 Å². The molecular weight excluding hydrogens is 218 g/mol. The first-order valence-corrected chi connectivity index (χ1v) is 4.32. The van der Waals surface area contributed by atoms with Crippen LogP contribution in [0, 0.1) is 11.6 Å². The van der Waals surface area contributed by atoms with E-state index in [0.29, 0.717) is 11.8 Å². The van der Waals surface area contributed by atoms with E-state index in [1.54, 1.807) is 0 Å². The molecule has 2 aromatic rings. The van der Waals surface area contributed by atoms with Crippen LogP contribution >= 0.6 is 0 Å². The number of rotatable bonds is 2. The van der Waals surface area contributed by atoms with Gasteiger partial charge in [0.15, 0.2) is 0 Å². The Labute approximate surface area is 88.9 Å². The molecule has 0 spiro atoms. The SMILES string of the molecule is O=C(Nc1cnoc1)c1cc(F)cc(F)c1. The number of anilines is 1. The van der Waals surface area contributed by atoms with Crippen LogP contribution in [0.2, 0.25) is 0 Å². The summed E-state index contributed by atoms with van der Waals surface area (Å²) in [6.45, 7) is 0. The van der Waals surface area contributed by atoms with Crippen LogP contribution in [0.1, 0.15) is 10.4 Å². The van der Waals surface area contributed by atoms with Gasteiger partial charge >= 0.3 is 0 Å². The lowest BCUT2D eigenvalue weighted by atomic mass is 10.2. The molecule has 0 atom stereocenters. The van der Waals surface area contributed by atoms with Crippen molar-refractivity contribution in [1.82, 2.24) is 5.16 Å². The zero-order valence-electron chi connectivity index (χ0n) is 7.91. The highest BCUT2D eigenvalue weighted by molar-refractivity contribution is 6.04. The van der Waals surface area contributed by atoms with Crippen LogP contribution in [0.15, 0.2) is 35.2 Å². The van der Waals surface area contributed by atoms with Crippen molar-refractivity contribution in [2.75, 3.05) is 5.32 Å². The van der Waals surface area contributed by atoms with Gasteiger partial charge in [0, 0.05) is 11.6 Å². The summed E-state index contributed by atoms with van der Waals surface area (Å²) in [4.78, 5) is 11.5. The summed E-state index contributed by atoms with van der Waals surface area (Å²) in [6.07, 6.45) is 2.47. The fourth-order valence-electron chi connectivity index (χ4n) is 1.15. The Morgan fingerprint density at radius 2 is 1.94 bits per heavy atom. The molecule has 4 nitrogen and oxygen atoms in total. The summed E-state index contributed by atoms with van der Waals surface area (Å²) < 4.78 is 30.1. The molecule has 2 rings (SSSR count). The van der Waals surface area contributed by atoms with Crippen molar-refractivity contribution in [3.63, 3.8) is 0 Å². The molecule has 1 aromatic carbocycles. The summed E-state index contributed by atoms with van der Waals surface area (Å²) in [7, 11) is 0. The maximum absolute atomic E-state index is 12.8. The van der Waals surface area contributed by atoms with Gasteiger partial charge in [0.1, 0.15) is 23.6 Å². The second-order valence-electron chi connectivity index (χ2n) is 3.03. The largest absolute Gasteiger partial charge is 0.363 e. The molecule has 82 valence electrons. The molecule has 0 aliphatic heterocycles. The van der Waals surface area contributed by atoms with Gasteiger partial charge in [-0.05, 0) is 12.1 Å². The molecule has 0 aliphatic rings. The Morgan fingerprint density at radius 3 is 2.50 bits per heavy atom. The Kier molecular flexibility index (Phi) is 2.63. The molecule has 0 radical (unpaired) electrons. The van der Waals surface area contributed by atoms with Crippen LogP contribution in [-0.4, -0.2) is 11.1 Å². The number of amides is 1. The molecule has 1 aromatic heterocycles. The van der Waals surface area contributed by atoms with Gasteiger partial charge in [-0.25, -0.2) is 8.78 Å². The second kappa shape index (κ2) is 4.09. The number of benzene rings is 1. The van der Waals surface area contributed by atoms with Gasteiger partial charge in [-0.2, -0.15) is 0 Å². The smallest absolute Gasteiger partial charge is 0.256 e. The first-order valence-electron chi connectivity index (χ1n) is 4.32. The van der Waals surface area contributed by atoms with Crippen LogP contribution in [0.5, 0.6) is 0 Å². The van der Waals surface area contributed by atoms with Gasteiger partial charge in [0.05, 0.1) is 6.20 Å².